The largest absolute Gasteiger partial charge is 0.493 e. The van der Waals surface area contributed by atoms with Gasteiger partial charge in [0, 0.05) is 24.6 Å². The maximum absolute atomic E-state index is 10.3. The summed E-state index contributed by atoms with van der Waals surface area (Å²) in [5.41, 5.74) is 1.58. The number of nitrogens with one attached hydrogen (secondary N) is 1. The van der Waals surface area contributed by atoms with E-state index in [2.05, 4.69) is 35.6 Å². The minimum Gasteiger partial charge on any atom is -0.493 e. The number of hydrogen-bond acceptors (Lipinski definition) is 5. The first-order valence-corrected chi connectivity index (χ1v) is 9.96. The normalized spacial score (nSPS) is 16.5. The Balaban J connectivity index is 1.48. The predicted molar refractivity (Wildman–Crippen MR) is 111 cm³/mol. The minimum atomic E-state index is -0.581. The number of ether oxygens (including phenoxy) is 3. The van der Waals surface area contributed by atoms with Gasteiger partial charge >= 0.3 is 0 Å². The second-order valence-electron chi connectivity index (χ2n) is 7.47. The van der Waals surface area contributed by atoms with Crippen molar-refractivity contribution in [2.24, 2.45) is 0 Å². The Bertz CT molecular complexity index is 729. The van der Waals surface area contributed by atoms with Crippen molar-refractivity contribution < 1.29 is 19.3 Å². The molecule has 1 unspecified atom stereocenters. The molecule has 0 aromatic heterocycles. The van der Waals surface area contributed by atoms with E-state index < -0.39 is 6.10 Å². The fraction of sp³-hybridized carbons (Fsp3) is 0.478. The van der Waals surface area contributed by atoms with E-state index in [0.717, 1.165) is 6.54 Å². The van der Waals surface area contributed by atoms with E-state index in [0.29, 0.717) is 23.8 Å². The topological polar surface area (TPSA) is 60.0 Å². The Labute approximate surface area is 167 Å². The molecule has 1 aliphatic carbocycles. The Morgan fingerprint density at radius 3 is 2.39 bits per heavy atom. The van der Waals surface area contributed by atoms with Crippen LogP contribution in [0.1, 0.15) is 31.2 Å². The fourth-order valence-corrected chi connectivity index (χ4v) is 4.05. The molecule has 28 heavy (non-hydrogen) atoms. The number of rotatable bonds is 10. The van der Waals surface area contributed by atoms with Gasteiger partial charge in [0.2, 0.25) is 0 Å². The van der Waals surface area contributed by atoms with E-state index in [4.69, 9.17) is 14.2 Å². The third kappa shape index (κ3) is 4.97. The maximum atomic E-state index is 10.3. The van der Waals surface area contributed by atoms with Crippen LogP contribution in [0.15, 0.2) is 48.5 Å². The van der Waals surface area contributed by atoms with Gasteiger partial charge in [-0.05, 0) is 30.5 Å². The molecule has 2 aromatic rings. The smallest absolute Gasteiger partial charge is 0.164 e. The summed E-state index contributed by atoms with van der Waals surface area (Å²) in [4.78, 5) is 0. The highest BCUT2D eigenvalue weighted by atomic mass is 16.5. The second-order valence-corrected chi connectivity index (χ2v) is 7.47. The quantitative estimate of drug-likeness (QED) is 0.655. The summed E-state index contributed by atoms with van der Waals surface area (Å²) in [6.45, 7) is 1.60. The molecule has 0 radical (unpaired) electrons. The van der Waals surface area contributed by atoms with Crippen molar-refractivity contribution >= 4 is 0 Å². The average molecular weight is 386 g/mol. The molecular formula is C23H31NO4. The number of aliphatic hydroxyl groups is 1. The lowest BCUT2D eigenvalue weighted by Gasteiger charge is -2.30. The summed E-state index contributed by atoms with van der Waals surface area (Å²) in [6, 6.07) is 16.1. The van der Waals surface area contributed by atoms with Gasteiger partial charge in [-0.1, -0.05) is 43.2 Å². The van der Waals surface area contributed by atoms with E-state index >= 15 is 0 Å². The van der Waals surface area contributed by atoms with Crippen LogP contribution in [0, 0.1) is 0 Å². The molecule has 0 heterocycles. The van der Waals surface area contributed by atoms with Crippen LogP contribution in [0.2, 0.25) is 0 Å². The Kier molecular flexibility index (Phi) is 7.18. The summed E-state index contributed by atoms with van der Waals surface area (Å²) in [5, 5.41) is 13.8. The number of methoxy groups -OCH3 is 2. The van der Waals surface area contributed by atoms with E-state index in [1.807, 2.05) is 6.07 Å². The maximum Gasteiger partial charge on any atom is 0.164 e. The molecule has 0 saturated heterocycles. The molecule has 3 rings (SSSR count). The lowest BCUT2D eigenvalue weighted by molar-refractivity contribution is 0.104. The average Bonchev–Trinajstić information content (AvgIpc) is 3.22. The second kappa shape index (κ2) is 9.80. The summed E-state index contributed by atoms with van der Waals surface area (Å²) in [5.74, 6) is 1.91. The highest BCUT2D eigenvalue weighted by Crippen LogP contribution is 2.40. The van der Waals surface area contributed by atoms with Crippen molar-refractivity contribution in [3.8, 4) is 17.2 Å². The van der Waals surface area contributed by atoms with E-state index in [9.17, 15) is 5.11 Å². The highest BCUT2D eigenvalue weighted by molar-refractivity contribution is 5.45. The van der Waals surface area contributed by atoms with Gasteiger partial charge in [-0.25, -0.2) is 0 Å². The van der Waals surface area contributed by atoms with Crippen molar-refractivity contribution in [2.45, 2.75) is 37.2 Å². The van der Waals surface area contributed by atoms with Gasteiger partial charge in [-0.15, -0.1) is 0 Å². The van der Waals surface area contributed by atoms with Crippen molar-refractivity contribution in [1.29, 1.82) is 0 Å². The van der Waals surface area contributed by atoms with E-state index in [1.165, 1.54) is 31.2 Å². The van der Waals surface area contributed by atoms with Gasteiger partial charge in [-0.3, -0.25) is 0 Å². The van der Waals surface area contributed by atoms with Gasteiger partial charge in [0.05, 0.1) is 14.2 Å². The number of aliphatic hydroxyl groups excluding tert-OH is 1. The van der Waals surface area contributed by atoms with Crippen LogP contribution in [0.3, 0.4) is 0 Å². The first-order valence-electron chi connectivity index (χ1n) is 9.96. The van der Waals surface area contributed by atoms with Crippen LogP contribution in [-0.2, 0) is 5.41 Å². The highest BCUT2D eigenvalue weighted by Gasteiger charge is 2.35. The van der Waals surface area contributed by atoms with Crippen LogP contribution >= 0.6 is 0 Å². The van der Waals surface area contributed by atoms with Gasteiger partial charge in [0.25, 0.3) is 0 Å². The molecule has 0 amide bonds. The predicted octanol–water partition coefficient (Wildman–Crippen LogP) is 3.55. The van der Waals surface area contributed by atoms with E-state index in [-0.39, 0.29) is 12.0 Å². The van der Waals surface area contributed by atoms with Crippen LogP contribution in [-0.4, -0.2) is 45.1 Å². The lowest BCUT2D eigenvalue weighted by atomic mass is 9.79. The van der Waals surface area contributed by atoms with Crippen molar-refractivity contribution in [2.75, 3.05) is 33.9 Å². The Hall–Kier alpha value is -2.24. The molecule has 152 valence electrons. The SMILES string of the molecule is COc1ccc(OCC(O)CNCC2(c3ccccc3)CCCC2)cc1OC. The molecule has 5 nitrogen and oxygen atoms in total. The number of benzene rings is 2. The van der Waals surface area contributed by atoms with Crippen LogP contribution < -0.4 is 19.5 Å². The molecule has 1 saturated carbocycles. The molecule has 0 spiro atoms. The minimum absolute atomic E-state index is 0.186. The molecule has 2 N–H and O–H groups in total. The molecule has 5 heteroatoms. The van der Waals surface area contributed by atoms with Crippen LogP contribution in [0.4, 0.5) is 0 Å². The fourth-order valence-electron chi connectivity index (χ4n) is 4.05. The van der Waals surface area contributed by atoms with E-state index in [1.54, 1.807) is 26.4 Å². The third-order valence-corrected chi connectivity index (χ3v) is 5.59. The summed E-state index contributed by atoms with van der Waals surface area (Å²) >= 11 is 0. The van der Waals surface area contributed by atoms with Crippen LogP contribution in [0.5, 0.6) is 17.2 Å². The molecule has 2 aromatic carbocycles. The van der Waals surface area contributed by atoms with Gasteiger partial charge in [-0.2, -0.15) is 0 Å². The molecule has 1 aliphatic rings. The zero-order valence-corrected chi connectivity index (χ0v) is 16.8. The van der Waals surface area contributed by atoms with Crippen molar-refractivity contribution in [3.05, 3.63) is 54.1 Å². The molecule has 1 atom stereocenters. The summed E-state index contributed by atoms with van der Waals surface area (Å²) in [7, 11) is 3.19. The first kappa shape index (κ1) is 20.5. The van der Waals surface area contributed by atoms with Crippen LogP contribution in [0.25, 0.3) is 0 Å². The van der Waals surface area contributed by atoms with Crippen molar-refractivity contribution in [3.63, 3.8) is 0 Å². The third-order valence-electron chi connectivity index (χ3n) is 5.59. The van der Waals surface area contributed by atoms with Gasteiger partial charge in [0.15, 0.2) is 11.5 Å². The molecule has 0 bridgehead atoms. The molecular weight excluding hydrogens is 354 g/mol. The Morgan fingerprint density at radius 2 is 1.71 bits per heavy atom. The Morgan fingerprint density at radius 1 is 1.00 bits per heavy atom. The zero-order chi connectivity index (χ0) is 19.8. The molecule has 1 fully saturated rings. The summed E-state index contributed by atoms with van der Waals surface area (Å²) < 4.78 is 16.2. The van der Waals surface area contributed by atoms with Gasteiger partial charge in [0.1, 0.15) is 18.5 Å². The standard InChI is InChI=1S/C23H31NO4/c1-26-21-11-10-20(14-22(21)27-2)28-16-19(25)15-24-17-23(12-6-7-13-23)18-8-4-3-5-9-18/h3-5,8-11,14,19,24-25H,6-7,12-13,15-17H2,1-2H3. The lowest BCUT2D eigenvalue weighted by Crippen LogP contribution is -2.40. The van der Waals surface area contributed by atoms with Gasteiger partial charge < -0.3 is 24.6 Å². The number of hydrogen-bond donors (Lipinski definition) is 2. The molecule has 0 aliphatic heterocycles. The van der Waals surface area contributed by atoms with Crippen molar-refractivity contribution in [1.82, 2.24) is 5.32 Å². The monoisotopic (exact) mass is 385 g/mol. The first-order chi connectivity index (χ1) is 13.7. The zero-order valence-electron chi connectivity index (χ0n) is 16.8. The summed E-state index contributed by atoms with van der Waals surface area (Å²) in [6.07, 6.45) is 4.34.